The first-order chi connectivity index (χ1) is 11.4. The van der Waals surface area contributed by atoms with Crippen LogP contribution in [-0.4, -0.2) is 15.9 Å². The number of phenolic OH excluding ortho intramolecular Hbond substituents is 1. The van der Waals surface area contributed by atoms with E-state index in [2.05, 4.69) is 21.2 Å². The smallest absolute Gasteiger partial charge is 0.311 e. The van der Waals surface area contributed by atoms with Gasteiger partial charge in [0.1, 0.15) is 11.6 Å². The fraction of sp³-hybridized carbons (Fsp3) is 0. The number of nitro groups is 1. The SMILES string of the molecule is N#C/C(=C\c1ccc(O)c([N+](=O)[O-])c1)C(=O)Nc1ccc(Br)cc1. The zero-order valence-corrected chi connectivity index (χ0v) is 13.6. The van der Waals surface area contributed by atoms with Gasteiger partial charge in [0, 0.05) is 16.2 Å². The highest BCUT2D eigenvalue weighted by Crippen LogP contribution is 2.27. The Morgan fingerprint density at radius 3 is 2.54 bits per heavy atom. The summed E-state index contributed by atoms with van der Waals surface area (Å²) in [7, 11) is 0. The number of rotatable bonds is 4. The molecular formula is C16H10BrN3O4. The molecule has 0 aliphatic rings. The third-order valence-corrected chi connectivity index (χ3v) is 3.50. The van der Waals surface area contributed by atoms with Crippen LogP contribution in [-0.2, 0) is 4.79 Å². The molecule has 2 rings (SSSR count). The van der Waals surface area contributed by atoms with Gasteiger partial charge >= 0.3 is 5.69 Å². The summed E-state index contributed by atoms with van der Waals surface area (Å²) >= 11 is 3.27. The van der Waals surface area contributed by atoms with E-state index in [0.29, 0.717) is 5.69 Å². The highest BCUT2D eigenvalue weighted by molar-refractivity contribution is 9.10. The van der Waals surface area contributed by atoms with Crippen LogP contribution >= 0.6 is 15.9 Å². The molecule has 0 fully saturated rings. The van der Waals surface area contributed by atoms with Crippen LogP contribution in [0, 0.1) is 21.4 Å². The molecule has 0 atom stereocenters. The van der Waals surface area contributed by atoms with E-state index < -0.39 is 22.3 Å². The highest BCUT2D eigenvalue weighted by atomic mass is 79.9. The van der Waals surface area contributed by atoms with E-state index in [1.807, 2.05) is 0 Å². The Morgan fingerprint density at radius 1 is 1.29 bits per heavy atom. The quantitative estimate of drug-likeness (QED) is 0.359. The van der Waals surface area contributed by atoms with Crippen molar-refractivity contribution in [3.05, 3.63) is 68.2 Å². The second-order valence-electron chi connectivity index (χ2n) is 4.64. The van der Waals surface area contributed by atoms with Crippen LogP contribution in [0.25, 0.3) is 6.08 Å². The molecule has 7 nitrogen and oxygen atoms in total. The van der Waals surface area contributed by atoms with Crippen LogP contribution in [0.5, 0.6) is 5.75 Å². The van der Waals surface area contributed by atoms with Crippen molar-refractivity contribution in [3.63, 3.8) is 0 Å². The minimum Gasteiger partial charge on any atom is -0.502 e. The maximum atomic E-state index is 12.1. The van der Waals surface area contributed by atoms with Gasteiger partial charge in [-0.05, 0) is 42.0 Å². The number of halogens is 1. The number of nitrogens with zero attached hydrogens (tertiary/aromatic N) is 2. The number of anilines is 1. The Kier molecular flexibility index (Phi) is 5.29. The van der Waals surface area contributed by atoms with Gasteiger partial charge in [0.15, 0.2) is 5.75 Å². The zero-order valence-electron chi connectivity index (χ0n) is 12.1. The Bertz CT molecular complexity index is 870. The highest BCUT2D eigenvalue weighted by Gasteiger charge is 2.15. The van der Waals surface area contributed by atoms with Gasteiger partial charge in [0.25, 0.3) is 5.91 Å². The minimum atomic E-state index is -0.749. The van der Waals surface area contributed by atoms with E-state index in [1.54, 1.807) is 30.3 Å². The van der Waals surface area contributed by atoms with Crippen molar-refractivity contribution in [2.75, 3.05) is 5.32 Å². The summed E-state index contributed by atoms with van der Waals surface area (Å²) in [5.74, 6) is -1.13. The molecule has 0 saturated heterocycles. The average Bonchev–Trinajstić information content (AvgIpc) is 2.55. The molecule has 2 aromatic rings. The van der Waals surface area contributed by atoms with E-state index in [4.69, 9.17) is 5.26 Å². The van der Waals surface area contributed by atoms with Crippen LogP contribution in [0.4, 0.5) is 11.4 Å². The maximum Gasteiger partial charge on any atom is 0.311 e. The molecule has 2 N–H and O–H groups in total. The second kappa shape index (κ2) is 7.39. The largest absolute Gasteiger partial charge is 0.502 e. The van der Waals surface area contributed by atoms with Crippen LogP contribution < -0.4 is 5.32 Å². The van der Waals surface area contributed by atoms with Crippen LogP contribution in [0.3, 0.4) is 0 Å². The molecule has 0 saturated carbocycles. The lowest BCUT2D eigenvalue weighted by molar-refractivity contribution is -0.385. The number of benzene rings is 2. The van der Waals surface area contributed by atoms with Crippen LogP contribution in [0.1, 0.15) is 5.56 Å². The molecule has 2 aromatic carbocycles. The molecule has 0 aromatic heterocycles. The monoisotopic (exact) mass is 387 g/mol. The zero-order chi connectivity index (χ0) is 17.7. The lowest BCUT2D eigenvalue weighted by Crippen LogP contribution is -2.13. The topological polar surface area (TPSA) is 116 Å². The summed E-state index contributed by atoms with van der Waals surface area (Å²) in [6.45, 7) is 0. The van der Waals surface area contributed by atoms with E-state index >= 15 is 0 Å². The Balaban J connectivity index is 2.27. The third-order valence-electron chi connectivity index (χ3n) is 2.97. The van der Waals surface area contributed by atoms with Gasteiger partial charge in [-0.15, -0.1) is 0 Å². The predicted molar refractivity (Wildman–Crippen MR) is 91.1 cm³/mol. The number of aromatic hydroxyl groups is 1. The fourth-order valence-electron chi connectivity index (χ4n) is 1.82. The molecule has 120 valence electrons. The molecule has 0 aliphatic carbocycles. The number of hydrogen-bond donors (Lipinski definition) is 2. The number of nitrogens with one attached hydrogen (secondary N) is 1. The van der Waals surface area contributed by atoms with Crippen molar-refractivity contribution < 1.29 is 14.8 Å². The van der Waals surface area contributed by atoms with Crippen molar-refractivity contribution in [1.29, 1.82) is 5.26 Å². The predicted octanol–water partition coefficient (Wildman–Crippen LogP) is 3.61. The molecule has 0 spiro atoms. The van der Waals surface area contributed by atoms with Gasteiger partial charge in [-0.25, -0.2) is 0 Å². The van der Waals surface area contributed by atoms with Crippen molar-refractivity contribution >= 4 is 39.3 Å². The summed E-state index contributed by atoms with van der Waals surface area (Å²) in [6.07, 6.45) is 1.21. The normalized spacial score (nSPS) is 10.8. The number of amides is 1. The first-order valence-electron chi connectivity index (χ1n) is 6.57. The minimum absolute atomic E-state index is 0.224. The number of nitriles is 1. The summed E-state index contributed by atoms with van der Waals surface area (Å²) in [4.78, 5) is 22.2. The van der Waals surface area contributed by atoms with Crippen molar-refractivity contribution in [1.82, 2.24) is 0 Å². The van der Waals surface area contributed by atoms with Crippen molar-refractivity contribution in [2.45, 2.75) is 0 Å². The molecule has 0 aliphatic heterocycles. The maximum absolute atomic E-state index is 12.1. The van der Waals surface area contributed by atoms with Crippen molar-refractivity contribution in [2.24, 2.45) is 0 Å². The van der Waals surface area contributed by atoms with Crippen LogP contribution in [0.2, 0.25) is 0 Å². The van der Waals surface area contributed by atoms with Gasteiger partial charge in [0.05, 0.1) is 4.92 Å². The van der Waals surface area contributed by atoms with E-state index in [1.165, 1.54) is 12.1 Å². The molecule has 0 bridgehead atoms. The summed E-state index contributed by atoms with van der Waals surface area (Å²) in [5, 5.41) is 31.9. The van der Waals surface area contributed by atoms with E-state index in [-0.39, 0.29) is 11.1 Å². The average molecular weight is 388 g/mol. The van der Waals surface area contributed by atoms with E-state index in [9.17, 15) is 20.0 Å². The lowest BCUT2D eigenvalue weighted by Gasteiger charge is -2.04. The van der Waals surface area contributed by atoms with Gasteiger partial charge in [-0.3, -0.25) is 14.9 Å². The van der Waals surface area contributed by atoms with Gasteiger partial charge < -0.3 is 10.4 Å². The van der Waals surface area contributed by atoms with Gasteiger partial charge in [-0.1, -0.05) is 22.0 Å². The molecule has 0 unspecified atom stereocenters. The van der Waals surface area contributed by atoms with Crippen molar-refractivity contribution in [3.8, 4) is 11.8 Å². The number of carbonyl (C=O) groups is 1. The molecule has 24 heavy (non-hydrogen) atoms. The molecule has 0 heterocycles. The van der Waals surface area contributed by atoms with Gasteiger partial charge in [-0.2, -0.15) is 5.26 Å². The number of carbonyl (C=O) groups excluding carboxylic acids is 1. The molecule has 8 heteroatoms. The summed E-state index contributed by atoms with van der Waals surface area (Å²) in [6, 6.07) is 12.1. The second-order valence-corrected chi connectivity index (χ2v) is 5.55. The first-order valence-corrected chi connectivity index (χ1v) is 7.36. The Morgan fingerprint density at radius 2 is 1.96 bits per heavy atom. The standard InChI is InChI=1S/C16H10BrN3O4/c17-12-2-4-13(5-3-12)19-16(22)11(9-18)7-10-1-6-15(21)14(8-10)20(23)24/h1-8,21H,(H,19,22)/b11-7+. The number of hydrogen-bond acceptors (Lipinski definition) is 5. The number of phenols is 1. The number of nitro benzene ring substituents is 1. The lowest BCUT2D eigenvalue weighted by atomic mass is 10.1. The Labute approximate surface area is 145 Å². The van der Waals surface area contributed by atoms with Crippen LogP contribution in [0.15, 0.2) is 52.5 Å². The molecular weight excluding hydrogens is 378 g/mol. The summed E-state index contributed by atoms with van der Waals surface area (Å²) in [5.41, 5.74) is 0.0234. The summed E-state index contributed by atoms with van der Waals surface area (Å²) < 4.78 is 0.841. The van der Waals surface area contributed by atoms with E-state index in [0.717, 1.165) is 16.6 Å². The van der Waals surface area contributed by atoms with Gasteiger partial charge in [0.2, 0.25) is 0 Å². The molecule has 1 amide bonds. The fourth-order valence-corrected chi connectivity index (χ4v) is 2.09. The first kappa shape index (κ1) is 17.2. The third kappa shape index (κ3) is 4.18. The Hall–Kier alpha value is -3.18. The molecule has 0 radical (unpaired) electrons.